The Labute approximate surface area is 441 Å². The number of hydrogen-bond donors (Lipinski definition) is 1. The highest BCUT2D eigenvalue weighted by atomic mass is 31.2. The summed E-state index contributed by atoms with van der Waals surface area (Å²) in [5.74, 6) is -0.835. The van der Waals surface area contributed by atoms with Crippen LogP contribution in [0.5, 0.6) is 0 Å². The third-order valence-electron chi connectivity index (χ3n) is 11.5. The predicted molar refractivity (Wildman–Crippen MR) is 307 cm³/mol. The van der Waals surface area contributed by atoms with Crippen molar-refractivity contribution in [1.29, 1.82) is 0 Å². The van der Waals surface area contributed by atoms with E-state index >= 15 is 0 Å². The molecule has 410 valence electrons. The highest BCUT2D eigenvalue weighted by Gasteiger charge is 2.27. The highest BCUT2D eigenvalue weighted by Crippen LogP contribution is 2.43. The number of ether oxygens (including phenoxy) is 2. The van der Waals surface area contributed by atoms with Crippen LogP contribution < -0.4 is 0 Å². The first-order valence-corrected chi connectivity index (χ1v) is 29.8. The molecule has 0 aromatic rings. The van der Waals surface area contributed by atoms with E-state index < -0.39 is 32.5 Å². The van der Waals surface area contributed by atoms with Crippen molar-refractivity contribution in [3.63, 3.8) is 0 Å². The summed E-state index contributed by atoms with van der Waals surface area (Å²) in [5.41, 5.74) is 0. The van der Waals surface area contributed by atoms with Crippen molar-refractivity contribution < 1.29 is 42.1 Å². The van der Waals surface area contributed by atoms with Gasteiger partial charge in [-0.05, 0) is 103 Å². The second-order valence-electron chi connectivity index (χ2n) is 19.6. The Morgan fingerprint density at radius 3 is 1.11 bits per heavy atom. The molecule has 0 bridgehead atoms. The second kappa shape index (κ2) is 52.3. The fourth-order valence-corrected chi connectivity index (χ4v) is 7.93. The maximum absolute atomic E-state index is 12.8. The number of carbonyl (C=O) groups excluding carboxylic acids is 2. The maximum atomic E-state index is 12.8. The number of hydrogen-bond acceptors (Lipinski definition) is 7. The van der Waals surface area contributed by atoms with Crippen molar-refractivity contribution in [2.45, 2.75) is 213 Å². The predicted octanol–water partition coefficient (Wildman–Crippen LogP) is 17.6. The summed E-state index contributed by atoms with van der Waals surface area (Å²) >= 11 is 0. The molecule has 0 aliphatic heterocycles. The van der Waals surface area contributed by atoms with Crippen LogP contribution in [0.25, 0.3) is 0 Å². The number of rotatable bonds is 50. The molecule has 0 fully saturated rings. The number of quaternary nitrogens is 1. The molecule has 0 aromatic heterocycles. The molecule has 0 aliphatic carbocycles. The lowest BCUT2D eigenvalue weighted by atomic mass is 10.0. The number of unbranched alkanes of at least 4 members (excludes halogenated alkanes) is 16. The Morgan fingerprint density at radius 1 is 0.431 bits per heavy atom. The highest BCUT2D eigenvalue weighted by molar-refractivity contribution is 7.47. The number of nitrogens with zero attached hydrogens (tertiary/aromatic N) is 1. The van der Waals surface area contributed by atoms with Crippen molar-refractivity contribution in [2.75, 3.05) is 47.5 Å². The Balaban J connectivity index is 4.19. The average Bonchev–Trinajstić information content (AvgIpc) is 3.34. The lowest BCUT2D eigenvalue weighted by Gasteiger charge is -2.24. The molecular weight excluding hydrogens is 918 g/mol. The summed E-state index contributed by atoms with van der Waals surface area (Å²) in [4.78, 5) is 35.6. The zero-order valence-corrected chi connectivity index (χ0v) is 47.3. The van der Waals surface area contributed by atoms with Crippen LogP contribution in [0.3, 0.4) is 0 Å². The zero-order valence-electron chi connectivity index (χ0n) is 46.4. The first kappa shape index (κ1) is 68.4. The van der Waals surface area contributed by atoms with Crippen molar-refractivity contribution in [1.82, 2.24) is 0 Å². The van der Waals surface area contributed by atoms with Crippen LogP contribution >= 0.6 is 7.82 Å². The van der Waals surface area contributed by atoms with E-state index in [1.54, 1.807) is 0 Å². The molecule has 0 rings (SSSR count). The Bertz CT molecular complexity index is 1630. The van der Waals surface area contributed by atoms with Gasteiger partial charge in [-0.3, -0.25) is 18.6 Å². The van der Waals surface area contributed by atoms with Gasteiger partial charge in [0.15, 0.2) is 6.10 Å². The van der Waals surface area contributed by atoms with Crippen LogP contribution in [0.15, 0.2) is 122 Å². The number of phosphoric acid groups is 1. The van der Waals surface area contributed by atoms with Crippen LogP contribution in [-0.4, -0.2) is 74.9 Å². The van der Waals surface area contributed by atoms with Gasteiger partial charge in [-0.25, -0.2) is 4.57 Å². The largest absolute Gasteiger partial charge is 0.472 e. The Morgan fingerprint density at radius 2 is 0.750 bits per heavy atom. The molecule has 0 aliphatic rings. The molecular formula is C62H105NO8P+. The summed E-state index contributed by atoms with van der Waals surface area (Å²) in [6.07, 6.45) is 74.1. The fraction of sp³-hybridized carbons (Fsp3) is 0.645. The SMILES string of the molecule is CC/C=C\C/C=C\C/C=C\C/C=C\C/C=C\C/C=C\CCCCCCCCCCCCCCC(=O)OC(COC(=O)CCCCCC/C=C\C/C=C\C/C=C\C/C=C\CC)COP(=O)(O)OCC[N+](C)(C)C. The van der Waals surface area contributed by atoms with Crippen molar-refractivity contribution >= 4 is 19.8 Å². The van der Waals surface area contributed by atoms with Gasteiger partial charge in [0.2, 0.25) is 0 Å². The summed E-state index contributed by atoms with van der Waals surface area (Å²) in [6.45, 7) is 4.16. The van der Waals surface area contributed by atoms with Crippen molar-refractivity contribution in [3.8, 4) is 0 Å². The minimum Gasteiger partial charge on any atom is -0.462 e. The second-order valence-corrected chi connectivity index (χ2v) is 21.0. The van der Waals surface area contributed by atoms with Gasteiger partial charge in [-0.2, -0.15) is 0 Å². The lowest BCUT2D eigenvalue weighted by Crippen LogP contribution is -2.37. The number of carbonyl (C=O) groups is 2. The standard InChI is InChI=1S/C62H104NO8P/c1-6-8-10-12-14-16-18-20-22-24-25-26-27-28-29-30-31-32-33-34-35-36-37-39-41-43-45-47-49-51-53-55-62(65)71-60(59-70-72(66,67)69-57-56-63(3,4)5)58-68-61(64)54-52-50-48-46-44-42-40-38-23-21-19-17-15-13-11-9-7-2/h8-11,14-17,20-23,25-26,28-29,31-32,40,42,60H,6-7,12-13,18-19,24,27,30,33-39,41,43-59H2,1-5H3/p+1/b10-8-,11-9-,16-14-,17-15-,22-20-,23-21-,26-25-,29-28-,32-31-,42-40-. The van der Waals surface area contributed by atoms with Gasteiger partial charge < -0.3 is 18.9 Å². The molecule has 0 radical (unpaired) electrons. The first-order valence-electron chi connectivity index (χ1n) is 28.3. The van der Waals surface area contributed by atoms with E-state index in [1.165, 1.54) is 57.8 Å². The average molecular weight is 1020 g/mol. The maximum Gasteiger partial charge on any atom is 0.472 e. The van der Waals surface area contributed by atoms with Gasteiger partial charge in [0.1, 0.15) is 19.8 Å². The molecule has 2 atom stereocenters. The van der Waals surface area contributed by atoms with Crippen molar-refractivity contribution in [2.24, 2.45) is 0 Å². The third-order valence-corrected chi connectivity index (χ3v) is 12.5. The molecule has 10 heteroatoms. The number of esters is 2. The van der Waals surface area contributed by atoms with E-state index in [0.29, 0.717) is 23.9 Å². The van der Waals surface area contributed by atoms with Gasteiger partial charge in [0, 0.05) is 12.8 Å². The van der Waals surface area contributed by atoms with E-state index in [2.05, 4.69) is 135 Å². The van der Waals surface area contributed by atoms with Crippen LogP contribution in [-0.2, 0) is 32.7 Å². The van der Waals surface area contributed by atoms with Crippen LogP contribution in [0.1, 0.15) is 206 Å². The van der Waals surface area contributed by atoms with E-state index in [-0.39, 0.29) is 26.1 Å². The molecule has 0 saturated carbocycles. The normalized spacial score (nSPS) is 14.2. The summed E-state index contributed by atoms with van der Waals surface area (Å²) < 4.78 is 34.5. The summed E-state index contributed by atoms with van der Waals surface area (Å²) in [7, 11) is 1.44. The zero-order chi connectivity index (χ0) is 52.7. The number of allylic oxidation sites excluding steroid dienone is 20. The van der Waals surface area contributed by atoms with Gasteiger partial charge in [0.05, 0.1) is 27.7 Å². The monoisotopic (exact) mass is 1020 g/mol. The van der Waals surface area contributed by atoms with E-state index in [1.807, 2.05) is 21.1 Å². The quantitative estimate of drug-likeness (QED) is 0.0211. The molecule has 9 nitrogen and oxygen atoms in total. The molecule has 0 aromatic carbocycles. The van der Waals surface area contributed by atoms with Crippen LogP contribution in [0.4, 0.5) is 0 Å². The molecule has 0 heterocycles. The van der Waals surface area contributed by atoms with E-state index in [0.717, 1.165) is 109 Å². The van der Waals surface area contributed by atoms with Crippen LogP contribution in [0.2, 0.25) is 0 Å². The third kappa shape index (κ3) is 55.7. The Hall–Kier alpha value is -3.59. The first-order chi connectivity index (χ1) is 35.0. The number of phosphoric ester groups is 1. The van der Waals surface area contributed by atoms with Gasteiger partial charge in [-0.15, -0.1) is 0 Å². The smallest absolute Gasteiger partial charge is 0.462 e. The molecule has 0 saturated heterocycles. The minimum absolute atomic E-state index is 0.0208. The fourth-order valence-electron chi connectivity index (χ4n) is 7.19. The Kier molecular flexibility index (Phi) is 49.7. The molecule has 72 heavy (non-hydrogen) atoms. The van der Waals surface area contributed by atoms with Gasteiger partial charge in [-0.1, -0.05) is 212 Å². The lowest BCUT2D eigenvalue weighted by molar-refractivity contribution is -0.870. The minimum atomic E-state index is -4.40. The molecule has 1 N–H and O–H groups in total. The number of likely N-dealkylation sites (N-methyl/N-ethyl adjacent to an activating group) is 1. The van der Waals surface area contributed by atoms with Gasteiger partial charge in [0.25, 0.3) is 0 Å². The van der Waals surface area contributed by atoms with E-state index in [4.69, 9.17) is 18.5 Å². The van der Waals surface area contributed by atoms with Crippen molar-refractivity contribution in [3.05, 3.63) is 122 Å². The van der Waals surface area contributed by atoms with Gasteiger partial charge >= 0.3 is 19.8 Å². The van der Waals surface area contributed by atoms with E-state index in [9.17, 15) is 19.0 Å². The summed E-state index contributed by atoms with van der Waals surface area (Å²) in [5, 5.41) is 0. The topological polar surface area (TPSA) is 108 Å². The molecule has 0 spiro atoms. The van der Waals surface area contributed by atoms with Crippen LogP contribution in [0, 0.1) is 0 Å². The summed E-state index contributed by atoms with van der Waals surface area (Å²) in [6, 6.07) is 0. The molecule has 0 amide bonds. The molecule has 2 unspecified atom stereocenters.